The molecule has 0 bridgehead atoms. The van der Waals surface area contributed by atoms with Crippen molar-refractivity contribution in [1.29, 1.82) is 0 Å². The number of alkyl halides is 1. The summed E-state index contributed by atoms with van der Waals surface area (Å²) in [6, 6.07) is 0. The number of rotatable bonds is 5. The molecule has 1 fully saturated rings. The van der Waals surface area contributed by atoms with E-state index < -0.39 is 0 Å². The second kappa shape index (κ2) is 4.49. The van der Waals surface area contributed by atoms with E-state index in [1.807, 2.05) is 0 Å². The van der Waals surface area contributed by atoms with Crippen molar-refractivity contribution in [2.45, 2.75) is 51.9 Å². The molecule has 0 aromatic rings. The second-order valence-electron chi connectivity index (χ2n) is 3.85. The Balaban J connectivity index is 2.11. The molecule has 0 N–H and O–H groups in total. The number of hydrogen-bond donors (Lipinski definition) is 0. The third kappa shape index (κ3) is 2.47. The molecule has 0 spiro atoms. The van der Waals surface area contributed by atoms with Crippen LogP contribution in [0.1, 0.15) is 51.9 Å². The topological polar surface area (TPSA) is 0 Å². The lowest BCUT2D eigenvalue weighted by Crippen LogP contribution is -2.28. The van der Waals surface area contributed by atoms with Crippen LogP contribution in [0.3, 0.4) is 0 Å². The Bertz CT molecular complexity index is 99.9. The summed E-state index contributed by atoms with van der Waals surface area (Å²) in [5, 5.41) is 1.19. The van der Waals surface area contributed by atoms with Crippen molar-refractivity contribution < 1.29 is 0 Å². The summed E-state index contributed by atoms with van der Waals surface area (Å²) >= 11 is 3.48. The zero-order valence-electron chi connectivity index (χ0n) is 7.53. The number of hydrogen-bond acceptors (Lipinski definition) is 0. The second-order valence-corrected chi connectivity index (χ2v) is 4.65. The average molecular weight is 219 g/mol. The highest BCUT2D eigenvalue weighted by Gasteiger charge is 2.33. The Hall–Kier alpha value is 0.480. The van der Waals surface area contributed by atoms with Gasteiger partial charge in [-0.2, -0.15) is 0 Å². The quantitative estimate of drug-likeness (QED) is 0.481. The predicted molar refractivity (Wildman–Crippen MR) is 54.2 cm³/mol. The molecule has 0 unspecified atom stereocenters. The molecule has 0 nitrogen and oxygen atoms in total. The molecule has 0 atom stereocenters. The molecule has 0 saturated heterocycles. The van der Waals surface area contributed by atoms with Crippen molar-refractivity contribution in [2.24, 2.45) is 5.41 Å². The SMILES string of the molecule is CCC1(CCCCBr)CCC1. The molecule has 1 saturated carbocycles. The zero-order chi connectivity index (χ0) is 8.16. The molecule has 0 radical (unpaired) electrons. The van der Waals surface area contributed by atoms with Crippen LogP contribution in [0, 0.1) is 5.41 Å². The van der Waals surface area contributed by atoms with Gasteiger partial charge in [0.15, 0.2) is 0 Å². The third-order valence-corrected chi connectivity index (χ3v) is 3.82. The van der Waals surface area contributed by atoms with E-state index in [9.17, 15) is 0 Å². The fraction of sp³-hybridized carbons (Fsp3) is 1.00. The molecule has 1 rings (SSSR count). The first-order valence-corrected chi connectivity index (χ1v) is 6.01. The van der Waals surface area contributed by atoms with Crippen LogP contribution >= 0.6 is 15.9 Å². The number of unbranched alkanes of at least 4 members (excludes halogenated alkanes) is 1. The minimum Gasteiger partial charge on any atom is -0.0928 e. The van der Waals surface area contributed by atoms with Crippen LogP contribution in [0.5, 0.6) is 0 Å². The van der Waals surface area contributed by atoms with E-state index in [2.05, 4.69) is 22.9 Å². The van der Waals surface area contributed by atoms with Crippen molar-refractivity contribution >= 4 is 15.9 Å². The van der Waals surface area contributed by atoms with Gasteiger partial charge in [0.1, 0.15) is 0 Å². The molecule has 0 amide bonds. The fourth-order valence-electron chi connectivity index (χ4n) is 2.05. The van der Waals surface area contributed by atoms with E-state index in [1.54, 1.807) is 0 Å². The Morgan fingerprint density at radius 1 is 1.27 bits per heavy atom. The van der Waals surface area contributed by atoms with Crippen LogP contribution in [-0.2, 0) is 0 Å². The van der Waals surface area contributed by atoms with E-state index in [0.717, 1.165) is 5.41 Å². The maximum absolute atomic E-state index is 3.48. The van der Waals surface area contributed by atoms with Crippen LogP contribution in [0.15, 0.2) is 0 Å². The molecular weight excluding hydrogens is 200 g/mol. The van der Waals surface area contributed by atoms with E-state index in [-0.39, 0.29) is 0 Å². The highest BCUT2D eigenvalue weighted by molar-refractivity contribution is 9.09. The highest BCUT2D eigenvalue weighted by atomic mass is 79.9. The maximum atomic E-state index is 3.48. The molecule has 0 aromatic heterocycles. The van der Waals surface area contributed by atoms with Crippen molar-refractivity contribution in [3.63, 3.8) is 0 Å². The van der Waals surface area contributed by atoms with Crippen LogP contribution in [0.25, 0.3) is 0 Å². The Morgan fingerprint density at radius 3 is 2.36 bits per heavy atom. The zero-order valence-corrected chi connectivity index (χ0v) is 9.12. The lowest BCUT2D eigenvalue weighted by atomic mass is 9.64. The largest absolute Gasteiger partial charge is 0.0928 e. The first-order chi connectivity index (χ1) is 5.33. The van der Waals surface area contributed by atoms with Gasteiger partial charge in [0, 0.05) is 5.33 Å². The molecule has 1 heteroatoms. The average Bonchev–Trinajstić information content (AvgIpc) is 1.95. The van der Waals surface area contributed by atoms with E-state index >= 15 is 0 Å². The standard InChI is InChI=1S/C10H19Br/c1-2-10(7-5-8-10)6-3-4-9-11/h2-9H2,1H3. The van der Waals surface area contributed by atoms with E-state index in [4.69, 9.17) is 0 Å². The first kappa shape index (κ1) is 9.57. The van der Waals surface area contributed by atoms with Crippen molar-refractivity contribution in [3.8, 4) is 0 Å². The summed E-state index contributed by atoms with van der Waals surface area (Å²) in [6.07, 6.45) is 10.2. The van der Waals surface area contributed by atoms with Gasteiger partial charge in [-0.05, 0) is 31.1 Å². The minimum absolute atomic E-state index is 0.794. The summed E-state index contributed by atoms with van der Waals surface area (Å²) in [6.45, 7) is 2.35. The summed E-state index contributed by atoms with van der Waals surface area (Å²) in [5.74, 6) is 0. The van der Waals surface area contributed by atoms with Crippen LogP contribution in [0.2, 0.25) is 0 Å². The van der Waals surface area contributed by atoms with Crippen LogP contribution < -0.4 is 0 Å². The Kier molecular flexibility index (Phi) is 3.91. The predicted octanol–water partition coefficient (Wildman–Crippen LogP) is 4.13. The van der Waals surface area contributed by atoms with Gasteiger partial charge in [0.2, 0.25) is 0 Å². The summed E-state index contributed by atoms with van der Waals surface area (Å²) in [7, 11) is 0. The molecule has 1 aliphatic rings. The Labute approximate surface area is 78.9 Å². The first-order valence-electron chi connectivity index (χ1n) is 4.89. The van der Waals surface area contributed by atoms with Gasteiger partial charge in [-0.15, -0.1) is 0 Å². The van der Waals surface area contributed by atoms with Crippen LogP contribution in [-0.4, -0.2) is 5.33 Å². The molecule has 1 aliphatic carbocycles. The van der Waals surface area contributed by atoms with Gasteiger partial charge in [-0.25, -0.2) is 0 Å². The summed E-state index contributed by atoms with van der Waals surface area (Å²) in [5.41, 5.74) is 0.794. The Morgan fingerprint density at radius 2 is 2.00 bits per heavy atom. The van der Waals surface area contributed by atoms with Gasteiger partial charge in [-0.1, -0.05) is 42.1 Å². The molecule has 0 aromatic carbocycles. The molecule has 0 aliphatic heterocycles. The van der Waals surface area contributed by atoms with Crippen molar-refractivity contribution in [2.75, 3.05) is 5.33 Å². The minimum atomic E-state index is 0.794. The molecule has 0 heterocycles. The normalized spacial score (nSPS) is 21.3. The smallest absolute Gasteiger partial charge is 0.00313 e. The van der Waals surface area contributed by atoms with Crippen molar-refractivity contribution in [1.82, 2.24) is 0 Å². The van der Waals surface area contributed by atoms with E-state index in [1.165, 1.54) is 50.3 Å². The lowest BCUT2D eigenvalue weighted by Gasteiger charge is -2.41. The molecular formula is C10H19Br. The van der Waals surface area contributed by atoms with Gasteiger partial charge in [0.25, 0.3) is 0 Å². The summed E-state index contributed by atoms with van der Waals surface area (Å²) < 4.78 is 0. The van der Waals surface area contributed by atoms with Gasteiger partial charge < -0.3 is 0 Å². The van der Waals surface area contributed by atoms with Crippen LogP contribution in [0.4, 0.5) is 0 Å². The van der Waals surface area contributed by atoms with Gasteiger partial charge in [-0.3, -0.25) is 0 Å². The van der Waals surface area contributed by atoms with Gasteiger partial charge in [0.05, 0.1) is 0 Å². The maximum Gasteiger partial charge on any atom is 0.00313 e. The van der Waals surface area contributed by atoms with Crippen molar-refractivity contribution in [3.05, 3.63) is 0 Å². The highest BCUT2D eigenvalue weighted by Crippen LogP contribution is 2.47. The van der Waals surface area contributed by atoms with E-state index in [0.29, 0.717) is 0 Å². The third-order valence-electron chi connectivity index (χ3n) is 3.25. The van der Waals surface area contributed by atoms with Gasteiger partial charge >= 0.3 is 0 Å². The summed E-state index contributed by atoms with van der Waals surface area (Å²) in [4.78, 5) is 0. The molecule has 11 heavy (non-hydrogen) atoms. The lowest BCUT2D eigenvalue weighted by molar-refractivity contribution is 0.110. The number of halogens is 1. The fourth-order valence-corrected chi connectivity index (χ4v) is 2.45. The molecule has 66 valence electrons. The monoisotopic (exact) mass is 218 g/mol.